The summed E-state index contributed by atoms with van der Waals surface area (Å²) in [6, 6.07) is 0. The van der Waals surface area contributed by atoms with Crippen LogP contribution in [0.5, 0.6) is 0 Å². The number of ether oxygens (including phenoxy) is 1. The molecule has 1 N–H and O–H groups in total. The minimum absolute atomic E-state index is 0.0992. The molecule has 0 aliphatic heterocycles. The van der Waals surface area contributed by atoms with E-state index in [1.807, 2.05) is 12.2 Å². The van der Waals surface area contributed by atoms with Crippen molar-refractivity contribution in [2.45, 2.75) is 31.8 Å². The first kappa shape index (κ1) is 10.3. The maximum absolute atomic E-state index is 10.7. The molecule has 0 heterocycles. The van der Waals surface area contributed by atoms with Gasteiger partial charge in [-0.1, -0.05) is 12.2 Å². The number of hydrogen-bond donors (Lipinski definition) is 1. The number of allylic oxidation sites excluding steroid dienone is 1. The molecule has 0 aromatic heterocycles. The van der Waals surface area contributed by atoms with Gasteiger partial charge in [0.05, 0.1) is 12.0 Å². The summed E-state index contributed by atoms with van der Waals surface area (Å²) in [4.78, 5) is 10.7. The summed E-state index contributed by atoms with van der Waals surface area (Å²) in [7, 11) is 1.66. The first-order chi connectivity index (χ1) is 6.24. The number of hydrogen-bond acceptors (Lipinski definition) is 2. The fourth-order valence-electron chi connectivity index (χ4n) is 1.59. The van der Waals surface area contributed by atoms with Gasteiger partial charge in [-0.2, -0.15) is 0 Å². The molecule has 0 spiro atoms. The molecule has 3 heteroatoms. The zero-order chi connectivity index (χ0) is 9.68. The largest absolute Gasteiger partial charge is 0.481 e. The van der Waals surface area contributed by atoms with Crippen LogP contribution in [-0.2, 0) is 9.53 Å². The molecule has 3 nitrogen and oxygen atoms in total. The molecule has 0 bridgehead atoms. The molecule has 74 valence electrons. The first-order valence-electron chi connectivity index (χ1n) is 4.66. The predicted octanol–water partition coefficient (Wildman–Crippen LogP) is 1.83. The Kier molecular flexibility index (Phi) is 3.96. The standard InChI is InChI=1S/C10H16O3/c1-13-9-5-3-2-4-8(6-7-9)10(11)12/h3,5,8-9H,2,4,6-7H2,1H3,(H,11,12)/b5-3+. The lowest BCUT2D eigenvalue weighted by atomic mass is 9.93. The van der Waals surface area contributed by atoms with Crippen LogP contribution in [0.4, 0.5) is 0 Å². The van der Waals surface area contributed by atoms with Crippen molar-refractivity contribution in [2.24, 2.45) is 5.92 Å². The molecule has 0 fully saturated rings. The topological polar surface area (TPSA) is 46.5 Å². The van der Waals surface area contributed by atoms with Crippen molar-refractivity contribution in [2.75, 3.05) is 7.11 Å². The third-order valence-corrected chi connectivity index (χ3v) is 2.48. The zero-order valence-electron chi connectivity index (χ0n) is 7.90. The molecular formula is C10H16O3. The highest BCUT2D eigenvalue weighted by atomic mass is 16.5. The van der Waals surface area contributed by atoms with E-state index in [9.17, 15) is 4.79 Å². The molecule has 0 radical (unpaired) electrons. The van der Waals surface area contributed by atoms with Gasteiger partial charge in [0.2, 0.25) is 0 Å². The van der Waals surface area contributed by atoms with E-state index in [2.05, 4.69) is 0 Å². The Morgan fingerprint density at radius 3 is 2.85 bits per heavy atom. The van der Waals surface area contributed by atoms with E-state index in [1.54, 1.807) is 7.11 Å². The second kappa shape index (κ2) is 5.02. The predicted molar refractivity (Wildman–Crippen MR) is 49.5 cm³/mol. The fraction of sp³-hybridized carbons (Fsp3) is 0.700. The van der Waals surface area contributed by atoms with Gasteiger partial charge in [0.1, 0.15) is 0 Å². The van der Waals surface area contributed by atoms with Crippen LogP contribution in [0.2, 0.25) is 0 Å². The van der Waals surface area contributed by atoms with Crippen LogP contribution in [0.1, 0.15) is 25.7 Å². The van der Waals surface area contributed by atoms with Crippen molar-refractivity contribution in [3.05, 3.63) is 12.2 Å². The minimum atomic E-state index is -0.676. The molecule has 0 aromatic carbocycles. The average molecular weight is 184 g/mol. The maximum atomic E-state index is 10.7. The van der Waals surface area contributed by atoms with Crippen molar-refractivity contribution >= 4 is 5.97 Å². The van der Waals surface area contributed by atoms with Gasteiger partial charge in [-0.25, -0.2) is 0 Å². The average Bonchev–Trinajstić information content (AvgIpc) is 2.03. The Bertz CT molecular complexity index is 198. The number of carboxylic acids is 1. The van der Waals surface area contributed by atoms with Crippen molar-refractivity contribution in [1.82, 2.24) is 0 Å². The molecule has 1 aliphatic carbocycles. The van der Waals surface area contributed by atoms with E-state index < -0.39 is 5.97 Å². The van der Waals surface area contributed by atoms with Crippen LogP contribution < -0.4 is 0 Å². The summed E-state index contributed by atoms with van der Waals surface area (Å²) in [6.45, 7) is 0. The monoisotopic (exact) mass is 184 g/mol. The van der Waals surface area contributed by atoms with Crippen LogP contribution in [0, 0.1) is 5.92 Å². The Balaban J connectivity index is 2.50. The van der Waals surface area contributed by atoms with Gasteiger partial charge in [0, 0.05) is 7.11 Å². The van der Waals surface area contributed by atoms with E-state index in [4.69, 9.17) is 9.84 Å². The number of carbonyl (C=O) groups is 1. The lowest BCUT2D eigenvalue weighted by Gasteiger charge is -2.17. The quantitative estimate of drug-likeness (QED) is 0.666. The molecule has 2 atom stereocenters. The molecule has 0 aromatic rings. The SMILES string of the molecule is COC1/C=C/CCC(C(=O)O)CC1. The highest BCUT2D eigenvalue weighted by Gasteiger charge is 2.19. The van der Waals surface area contributed by atoms with Crippen molar-refractivity contribution in [3.63, 3.8) is 0 Å². The van der Waals surface area contributed by atoms with Crippen molar-refractivity contribution < 1.29 is 14.6 Å². The third kappa shape index (κ3) is 3.19. The van der Waals surface area contributed by atoms with Gasteiger partial charge in [-0.15, -0.1) is 0 Å². The van der Waals surface area contributed by atoms with Crippen LogP contribution in [-0.4, -0.2) is 24.3 Å². The van der Waals surface area contributed by atoms with Crippen LogP contribution in [0.15, 0.2) is 12.2 Å². The summed E-state index contributed by atoms with van der Waals surface area (Å²) >= 11 is 0. The third-order valence-electron chi connectivity index (χ3n) is 2.48. The number of methoxy groups -OCH3 is 1. The van der Waals surface area contributed by atoms with E-state index in [0.717, 1.165) is 25.7 Å². The maximum Gasteiger partial charge on any atom is 0.306 e. The van der Waals surface area contributed by atoms with Gasteiger partial charge in [-0.05, 0) is 25.7 Å². The van der Waals surface area contributed by atoms with Crippen LogP contribution in [0.3, 0.4) is 0 Å². The smallest absolute Gasteiger partial charge is 0.306 e. The number of rotatable bonds is 2. The van der Waals surface area contributed by atoms with Gasteiger partial charge in [0.15, 0.2) is 0 Å². The van der Waals surface area contributed by atoms with Crippen LogP contribution in [0.25, 0.3) is 0 Å². The Hall–Kier alpha value is -0.830. The second-order valence-corrected chi connectivity index (χ2v) is 3.39. The van der Waals surface area contributed by atoms with Gasteiger partial charge >= 0.3 is 5.97 Å². The molecule has 0 amide bonds. The summed E-state index contributed by atoms with van der Waals surface area (Å²) < 4.78 is 5.18. The van der Waals surface area contributed by atoms with Gasteiger partial charge in [0.25, 0.3) is 0 Å². The molecule has 0 saturated carbocycles. The molecule has 1 aliphatic rings. The highest BCUT2D eigenvalue weighted by Crippen LogP contribution is 2.20. The Morgan fingerprint density at radius 1 is 1.46 bits per heavy atom. The first-order valence-corrected chi connectivity index (χ1v) is 4.66. The van der Waals surface area contributed by atoms with E-state index >= 15 is 0 Å². The van der Waals surface area contributed by atoms with Crippen molar-refractivity contribution in [1.29, 1.82) is 0 Å². The Morgan fingerprint density at radius 2 is 2.23 bits per heavy atom. The van der Waals surface area contributed by atoms with Crippen molar-refractivity contribution in [3.8, 4) is 0 Å². The van der Waals surface area contributed by atoms with Gasteiger partial charge < -0.3 is 9.84 Å². The Labute approximate surface area is 78.4 Å². The lowest BCUT2D eigenvalue weighted by Crippen LogP contribution is -2.18. The highest BCUT2D eigenvalue weighted by molar-refractivity contribution is 5.69. The van der Waals surface area contributed by atoms with Gasteiger partial charge in [-0.3, -0.25) is 4.79 Å². The molecule has 2 unspecified atom stereocenters. The van der Waals surface area contributed by atoms with E-state index in [1.165, 1.54) is 0 Å². The second-order valence-electron chi connectivity index (χ2n) is 3.39. The lowest BCUT2D eigenvalue weighted by molar-refractivity contribution is -0.142. The summed E-state index contributed by atoms with van der Waals surface area (Å²) in [5.41, 5.74) is 0. The molecule has 0 saturated heterocycles. The molecular weight excluding hydrogens is 168 g/mol. The minimum Gasteiger partial charge on any atom is -0.481 e. The van der Waals surface area contributed by atoms with E-state index in [-0.39, 0.29) is 12.0 Å². The fourth-order valence-corrected chi connectivity index (χ4v) is 1.59. The summed E-state index contributed by atoms with van der Waals surface area (Å²) in [5.74, 6) is -0.868. The zero-order valence-corrected chi connectivity index (χ0v) is 7.90. The normalized spacial score (nSPS) is 31.8. The van der Waals surface area contributed by atoms with Crippen LogP contribution >= 0.6 is 0 Å². The number of carboxylic acid groups (broad SMARTS) is 1. The molecule has 13 heavy (non-hydrogen) atoms. The number of aliphatic carboxylic acids is 1. The summed E-state index contributed by atoms with van der Waals surface area (Å²) in [6.07, 6.45) is 7.27. The summed E-state index contributed by atoms with van der Waals surface area (Å²) in [5, 5.41) is 8.85. The van der Waals surface area contributed by atoms with E-state index in [0.29, 0.717) is 0 Å². The molecule has 1 rings (SSSR count).